The second-order valence-electron chi connectivity index (χ2n) is 5.69. The van der Waals surface area contributed by atoms with Crippen molar-refractivity contribution in [3.05, 3.63) is 61.1 Å². The van der Waals surface area contributed by atoms with E-state index in [0.29, 0.717) is 6.07 Å². The van der Waals surface area contributed by atoms with E-state index in [9.17, 15) is 31.9 Å². The Bertz CT molecular complexity index is 1110. The van der Waals surface area contributed by atoms with Crippen LogP contribution in [0, 0.1) is 5.82 Å². The van der Waals surface area contributed by atoms with Crippen LogP contribution in [0.5, 0.6) is 0 Å². The van der Waals surface area contributed by atoms with Gasteiger partial charge in [-0.3, -0.25) is 9.36 Å². The van der Waals surface area contributed by atoms with Gasteiger partial charge in [-0.25, -0.2) is 18.5 Å². The van der Waals surface area contributed by atoms with Crippen molar-refractivity contribution in [3.63, 3.8) is 0 Å². The molecule has 13 heteroatoms. The molecule has 1 unspecified atom stereocenters. The van der Waals surface area contributed by atoms with Gasteiger partial charge in [0.15, 0.2) is 0 Å². The van der Waals surface area contributed by atoms with Crippen LogP contribution < -0.4 is 11.2 Å². The zero-order valence-corrected chi connectivity index (χ0v) is 15.5. The van der Waals surface area contributed by atoms with Gasteiger partial charge < -0.3 is 9.94 Å². The number of carbonyl (C=O) groups is 1. The number of carboxylic acid groups (broad SMARTS) is 1. The van der Waals surface area contributed by atoms with Gasteiger partial charge in [0.2, 0.25) is 6.10 Å². The lowest BCUT2D eigenvalue weighted by Gasteiger charge is -2.14. The highest BCUT2D eigenvalue weighted by Crippen LogP contribution is 2.27. The third-order valence-corrected chi connectivity index (χ3v) is 4.00. The smallest absolute Gasteiger partial charge is 0.431 e. The highest BCUT2D eigenvalue weighted by Gasteiger charge is 2.35. The molecule has 29 heavy (non-hydrogen) atoms. The molecule has 1 N–H and O–H groups in total. The van der Waals surface area contributed by atoms with E-state index in [2.05, 4.69) is 9.99 Å². The molecule has 156 valence electrons. The molecule has 0 aliphatic carbocycles. The van der Waals surface area contributed by atoms with E-state index in [1.807, 2.05) is 0 Å². The summed E-state index contributed by atoms with van der Waals surface area (Å²) in [7, 11) is 0.776. The van der Waals surface area contributed by atoms with Crippen LogP contribution in [0.3, 0.4) is 0 Å². The van der Waals surface area contributed by atoms with Gasteiger partial charge in [-0.15, -0.1) is 0 Å². The van der Waals surface area contributed by atoms with E-state index < -0.39 is 46.7 Å². The van der Waals surface area contributed by atoms with Crippen LogP contribution >= 0.6 is 11.6 Å². The Kier molecular flexibility index (Phi) is 6.16. The van der Waals surface area contributed by atoms with Crippen LogP contribution in [0.15, 0.2) is 32.9 Å². The Morgan fingerprint density at radius 3 is 2.48 bits per heavy atom. The van der Waals surface area contributed by atoms with Crippen molar-refractivity contribution in [2.45, 2.75) is 19.2 Å². The molecule has 1 heterocycles. The molecule has 1 aromatic carbocycles. The summed E-state index contributed by atoms with van der Waals surface area (Å²) >= 11 is 5.84. The molecule has 8 nitrogen and oxygen atoms in total. The first kappa shape index (κ1) is 22.1. The molecular formula is C16H12ClF4N3O5. The Morgan fingerprint density at radius 2 is 1.93 bits per heavy atom. The molecule has 1 atom stereocenters. The highest BCUT2D eigenvalue weighted by atomic mass is 35.5. The Hall–Kier alpha value is -3.15. The molecule has 0 radical (unpaired) electrons. The Balaban J connectivity index is 2.61. The van der Waals surface area contributed by atoms with Crippen LogP contribution in [-0.4, -0.2) is 32.5 Å². The minimum atomic E-state index is -4.97. The van der Waals surface area contributed by atoms with Gasteiger partial charge in [0.1, 0.15) is 11.5 Å². The van der Waals surface area contributed by atoms with Crippen molar-refractivity contribution in [3.8, 4) is 5.69 Å². The number of aliphatic carboxylic acids is 1. The number of rotatable bonds is 5. The van der Waals surface area contributed by atoms with E-state index in [0.717, 1.165) is 19.3 Å². The fraction of sp³-hybridized carbons (Fsp3) is 0.250. The second kappa shape index (κ2) is 8.07. The number of nitrogens with zero attached hydrogens (tertiary/aromatic N) is 3. The quantitative estimate of drug-likeness (QED) is 0.439. The van der Waals surface area contributed by atoms with Crippen molar-refractivity contribution in [2.24, 2.45) is 12.2 Å². The lowest BCUT2D eigenvalue weighted by atomic mass is 10.2. The zero-order valence-electron chi connectivity index (χ0n) is 14.7. The van der Waals surface area contributed by atoms with Crippen molar-refractivity contribution in [1.29, 1.82) is 0 Å². The number of hydrogen-bond acceptors (Lipinski definition) is 5. The van der Waals surface area contributed by atoms with Crippen LogP contribution in [0.25, 0.3) is 5.69 Å². The number of carboxylic acids is 1. The van der Waals surface area contributed by atoms with Gasteiger partial charge in [-0.1, -0.05) is 16.8 Å². The predicted octanol–water partition coefficient (Wildman–Crippen LogP) is 2.17. The van der Waals surface area contributed by atoms with Gasteiger partial charge in [0, 0.05) is 18.7 Å². The maximum atomic E-state index is 14.3. The summed E-state index contributed by atoms with van der Waals surface area (Å²) in [6, 6.07) is 1.75. The molecule has 0 spiro atoms. The molecule has 0 bridgehead atoms. The van der Waals surface area contributed by atoms with Gasteiger partial charge in [0.05, 0.1) is 16.9 Å². The van der Waals surface area contributed by atoms with Crippen molar-refractivity contribution >= 4 is 23.8 Å². The Morgan fingerprint density at radius 1 is 1.31 bits per heavy atom. The standard InChI is InChI=1S/C16H12ClF4N3O5/c1-7(14(26)27)29-22-6-8-3-11(10(18)4-9(8)17)24-13(25)5-12(16(19,20)21)23(2)15(24)28/h3-7H,1-2H3,(H,26,27)/b22-6-. The predicted molar refractivity (Wildman–Crippen MR) is 93.0 cm³/mol. The topological polar surface area (TPSA) is 103 Å². The van der Waals surface area contributed by atoms with Crippen molar-refractivity contribution < 1.29 is 32.3 Å². The molecule has 0 aliphatic heterocycles. The summed E-state index contributed by atoms with van der Waals surface area (Å²) in [6.07, 6.45) is -5.39. The number of halogens is 5. The monoisotopic (exact) mass is 437 g/mol. The number of aromatic nitrogens is 2. The Labute approximate surface area is 164 Å². The van der Waals surface area contributed by atoms with E-state index in [1.54, 1.807) is 0 Å². The normalized spacial score (nSPS) is 12.9. The molecular weight excluding hydrogens is 426 g/mol. The number of benzene rings is 1. The van der Waals surface area contributed by atoms with Gasteiger partial charge >= 0.3 is 17.8 Å². The number of oxime groups is 1. The zero-order chi connectivity index (χ0) is 22.1. The summed E-state index contributed by atoms with van der Waals surface area (Å²) in [5.74, 6) is -2.47. The lowest BCUT2D eigenvalue weighted by Crippen LogP contribution is -2.41. The minimum Gasteiger partial charge on any atom is -0.478 e. The minimum absolute atomic E-state index is 0.0884. The van der Waals surface area contributed by atoms with E-state index >= 15 is 0 Å². The molecule has 0 amide bonds. The molecule has 0 saturated carbocycles. The number of alkyl halides is 3. The van der Waals surface area contributed by atoms with Crippen molar-refractivity contribution in [1.82, 2.24) is 9.13 Å². The average molecular weight is 438 g/mol. The van der Waals surface area contributed by atoms with E-state index in [1.165, 1.54) is 6.92 Å². The molecule has 2 aromatic rings. The fourth-order valence-corrected chi connectivity index (χ4v) is 2.37. The molecule has 0 saturated heterocycles. The maximum absolute atomic E-state index is 14.3. The summed E-state index contributed by atoms with van der Waals surface area (Å²) in [5, 5.41) is 11.8. The molecule has 1 aromatic heterocycles. The van der Waals surface area contributed by atoms with Gasteiger partial charge in [-0.05, 0) is 19.1 Å². The second-order valence-corrected chi connectivity index (χ2v) is 6.10. The summed E-state index contributed by atoms with van der Waals surface area (Å²) in [6.45, 7) is 1.18. The summed E-state index contributed by atoms with van der Waals surface area (Å²) < 4.78 is 53.5. The summed E-state index contributed by atoms with van der Waals surface area (Å²) in [5.41, 5.74) is -5.13. The average Bonchev–Trinajstić information content (AvgIpc) is 2.60. The number of hydrogen-bond donors (Lipinski definition) is 1. The van der Waals surface area contributed by atoms with E-state index in [-0.39, 0.29) is 25.8 Å². The van der Waals surface area contributed by atoms with Crippen LogP contribution in [0.4, 0.5) is 17.6 Å². The first-order chi connectivity index (χ1) is 13.3. The SMILES string of the molecule is CC(O/N=C\c1cc(-n2c(=O)cc(C(F)(F)F)n(C)c2=O)c(F)cc1Cl)C(=O)O. The molecule has 0 fully saturated rings. The first-order valence-electron chi connectivity index (χ1n) is 7.66. The van der Waals surface area contributed by atoms with Crippen LogP contribution in [0.1, 0.15) is 18.2 Å². The third kappa shape index (κ3) is 4.65. The largest absolute Gasteiger partial charge is 0.478 e. The fourth-order valence-electron chi connectivity index (χ4n) is 2.17. The van der Waals surface area contributed by atoms with E-state index in [4.69, 9.17) is 16.7 Å². The maximum Gasteiger partial charge on any atom is 0.431 e. The van der Waals surface area contributed by atoms with Crippen LogP contribution in [0.2, 0.25) is 5.02 Å². The summed E-state index contributed by atoms with van der Waals surface area (Å²) in [4.78, 5) is 39.7. The lowest BCUT2D eigenvalue weighted by molar-refractivity contribution is -0.149. The van der Waals surface area contributed by atoms with Crippen molar-refractivity contribution in [2.75, 3.05) is 0 Å². The van der Waals surface area contributed by atoms with Crippen LogP contribution in [-0.2, 0) is 22.9 Å². The molecule has 2 rings (SSSR count). The highest BCUT2D eigenvalue weighted by molar-refractivity contribution is 6.33. The molecule has 0 aliphatic rings. The van der Waals surface area contributed by atoms with Gasteiger partial charge in [0.25, 0.3) is 5.56 Å². The van der Waals surface area contributed by atoms with Gasteiger partial charge in [-0.2, -0.15) is 13.2 Å². The first-order valence-corrected chi connectivity index (χ1v) is 8.04. The third-order valence-electron chi connectivity index (χ3n) is 3.68.